The number of para-hydroxylation sites is 1. The topological polar surface area (TPSA) is 144 Å². The zero-order valence-corrected chi connectivity index (χ0v) is 17.9. The number of carboxylic acid groups (broad SMARTS) is 1. The van der Waals surface area contributed by atoms with Gasteiger partial charge in [-0.2, -0.15) is 9.97 Å². The normalized spacial score (nSPS) is 11.8. The van der Waals surface area contributed by atoms with Gasteiger partial charge in [-0.05, 0) is 35.4 Å². The maximum absolute atomic E-state index is 10.8. The lowest BCUT2D eigenvalue weighted by molar-refractivity contribution is -0.135. The Bertz CT molecular complexity index is 1540. The second-order valence-electron chi connectivity index (χ2n) is 7.62. The molecule has 3 heterocycles. The summed E-state index contributed by atoms with van der Waals surface area (Å²) in [5, 5.41) is 8.84. The fourth-order valence-electron chi connectivity index (χ4n) is 3.81. The van der Waals surface area contributed by atoms with Crippen molar-refractivity contribution < 1.29 is 9.90 Å². The molecule has 1 aliphatic heterocycles. The average molecular weight is 449 g/mol. The molecule has 0 spiro atoms. The lowest BCUT2D eigenvalue weighted by Gasteiger charge is -2.26. The molecule has 0 aliphatic carbocycles. The highest BCUT2D eigenvalue weighted by Crippen LogP contribution is 2.37. The largest absolute Gasteiger partial charge is 0.481 e. The molecule has 0 unspecified atom stereocenters. The number of aromatic nitrogens is 4. The number of rotatable bonds is 3. The number of aliphatic carboxylic acids is 1. The maximum Gasteiger partial charge on any atom is 0.315 e. The fourth-order valence-corrected chi connectivity index (χ4v) is 3.81. The number of nitrogens with zero attached hydrogens (tertiary/aromatic N) is 5. The van der Waals surface area contributed by atoms with Gasteiger partial charge >= 0.3 is 5.97 Å². The van der Waals surface area contributed by atoms with Crippen molar-refractivity contribution >= 4 is 52.4 Å². The molecule has 5 rings (SSSR count). The SMILES string of the molecule is Nc1nc(N)c2nc(CN3c4ccccc4C=Cc4cc(C#CCC(=O)O)ccc43)cnc2n1. The van der Waals surface area contributed by atoms with Gasteiger partial charge < -0.3 is 21.5 Å². The first-order valence-electron chi connectivity index (χ1n) is 10.4. The van der Waals surface area contributed by atoms with Gasteiger partial charge in [-0.3, -0.25) is 4.79 Å². The Morgan fingerprint density at radius 3 is 2.65 bits per heavy atom. The summed E-state index contributed by atoms with van der Waals surface area (Å²) >= 11 is 0. The van der Waals surface area contributed by atoms with Gasteiger partial charge in [0, 0.05) is 16.9 Å². The van der Waals surface area contributed by atoms with Crippen LogP contribution in [0.15, 0.2) is 48.7 Å². The van der Waals surface area contributed by atoms with Crippen LogP contribution in [0.25, 0.3) is 23.3 Å². The van der Waals surface area contributed by atoms with E-state index in [-0.39, 0.29) is 18.2 Å². The Kier molecular flexibility index (Phi) is 5.24. The van der Waals surface area contributed by atoms with Crippen molar-refractivity contribution in [3.05, 3.63) is 71.0 Å². The number of fused-ring (bicyclic) bond motifs is 3. The summed E-state index contributed by atoms with van der Waals surface area (Å²) in [6.45, 7) is 0.419. The minimum absolute atomic E-state index is 0.0516. The zero-order valence-electron chi connectivity index (χ0n) is 17.9. The van der Waals surface area contributed by atoms with Gasteiger partial charge in [-0.15, -0.1) is 0 Å². The minimum Gasteiger partial charge on any atom is -0.481 e. The third kappa shape index (κ3) is 4.08. The van der Waals surface area contributed by atoms with E-state index < -0.39 is 5.97 Å². The highest BCUT2D eigenvalue weighted by molar-refractivity contribution is 5.89. The number of benzene rings is 2. The molecule has 0 amide bonds. The zero-order chi connectivity index (χ0) is 23.7. The van der Waals surface area contributed by atoms with Crippen LogP contribution >= 0.6 is 0 Å². The van der Waals surface area contributed by atoms with Gasteiger partial charge in [0.05, 0.1) is 18.4 Å². The first-order chi connectivity index (χ1) is 16.5. The fraction of sp³-hybridized carbons (Fsp3) is 0.0800. The Labute approximate surface area is 194 Å². The van der Waals surface area contributed by atoms with Crippen molar-refractivity contribution in [3.8, 4) is 11.8 Å². The van der Waals surface area contributed by atoms with E-state index in [0.29, 0.717) is 23.4 Å². The van der Waals surface area contributed by atoms with E-state index >= 15 is 0 Å². The molecular formula is C25H19N7O2. The predicted molar refractivity (Wildman–Crippen MR) is 131 cm³/mol. The molecule has 2 aromatic heterocycles. The first kappa shape index (κ1) is 20.9. The molecule has 0 radical (unpaired) electrons. The van der Waals surface area contributed by atoms with E-state index in [1.165, 1.54) is 0 Å². The van der Waals surface area contributed by atoms with Crippen molar-refractivity contribution in [2.75, 3.05) is 16.4 Å². The number of carboxylic acids is 1. The molecule has 0 fully saturated rings. The minimum atomic E-state index is -0.950. The molecule has 2 aromatic carbocycles. The molecular weight excluding hydrogens is 430 g/mol. The van der Waals surface area contributed by atoms with Crippen LogP contribution in [0.4, 0.5) is 23.1 Å². The smallest absolute Gasteiger partial charge is 0.315 e. The number of carbonyl (C=O) groups is 1. The highest BCUT2D eigenvalue weighted by atomic mass is 16.4. The van der Waals surface area contributed by atoms with Gasteiger partial charge in [0.25, 0.3) is 0 Å². The van der Waals surface area contributed by atoms with Crippen LogP contribution in [-0.4, -0.2) is 31.0 Å². The third-order valence-corrected chi connectivity index (χ3v) is 5.28. The quantitative estimate of drug-likeness (QED) is 0.401. The van der Waals surface area contributed by atoms with Gasteiger partial charge in [-0.25, -0.2) is 9.97 Å². The molecule has 0 atom stereocenters. The summed E-state index contributed by atoms with van der Waals surface area (Å²) in [6, 6.07) is 13.8. The molecule has 1 aliphatic rings. The monoisotopic (exact) mass is 449 g/mol. The van der Waals surface area contributed by atoms with Gasteiger partial charge in [0.1, 0.15) is 6.42 Å². The summed E-state index contributed by atoms with van der Waals surface area (Å²) < 4.78 is 0. The highest BCUT2D eigenvalue weighted by Gasteiger charge is 2.20. The molecule has 5 N–H and O–H groups in total. The molecule has 34 heavy (non-hydrogen) atoms. The van der Waals surface area contributed by atoms with Crippen LogP contribution in [0.3, 0.4) is 0 Å². The van der Waals surface area contributed by atoms with E-state index in [1.807, 2.05) is 54.6 Å². The predicted octanol–water partition coefficient (Wildman–Crippen LogP) is 3.23. The van der Waals surface area contributed by atoms with E-state index in [1.54, 1.807) is 6.20 Å². The lowest BCUT2D eigenvalue weighted by Crippen LogP contribution is -2.19. The molecule has 0 saturated heterocycles. The van der Waals surface area contributed by atoms with Gasteiger partial charge in [0.2, 0.25) is 5.95 Å². The Balaban J connectivity index is 1.58. The summed E-state index contributed by atoms with van der Waals surface area (Å²) in [7, 11) is 0. The average Bonchev–Trinajstić information content (AvgIpc) is 2.96. The van der Waals surface area contributed by atoms with Gasteiger partial charge in [0.15, 0.2) is 17.0 Å². The maximum atomic E-state index is 10.8. The second kappa shape index (κ2) is 8.52. The summed E-state index contributed by atoms with van der Waals surface area (Å²) in [4.78, 5) is 30.0. The number of hydrogen-bond acceptors (Lipinski definition) is 8. The molecule has 0 saturated carbocycles. The molecule has 166 valence electrons. The standard InChI is InChI=1S/C25H19N7O2/c26-23-22-24(31-25(27)30-23)28-13-18(29-22)14-32-19-6-2-1-5-16(19)9-10-17-12-15(8-11-20(17)32)4-3-7-21(33)34/h1-2,5-6,8-13H,7,14H2,(H,33,34)(H4,26,27,28,30,31). The molecule has 9 nitrogen and oxygen atoms in total. The van der Waals surface area contributed by atoms with E-state index in [4.69, 9.17) is 16.6 Å². The number of nitrogens with two attached hydrogens (primary N) is 2. The third-order valence-electron chi connectivity index (χ3n) is 5.28. The number of nitrogen functional groups attached to an aromatic ring is 2. The Hall–Kier alpha value is -4.97. The van der Waals surface area contributed by atoms with Crippen LogP contribution in [0.2, 0.25) is 0 Å². The van der Waals surface area contributed by atoms with Crippen LogP contribution in [-0.2, 0) is 11.3 Å². The van der Waals surface area contributed by atoms with E-state index in [9.17, 15) is 4.79 Å². The van der Waals surface area contributed by atoms with Crippen LogP contribution < -0.4 is 16.4 Å². The van der Waals surface area contributed by atoms with Crippen molar-refractivity contribution in [2.45, 2.75) is 13.0 Å². The summed E-state index contributed by atoms with van der Waals surface area (Å²) in [5.41, 5.74) is 17.8. The van der Waals surface area contributed by atoms with E-state index in [2.05, 4.69) is 36.7 Å². The van der Waals surface area contributed by atoms with Crippen molar-refractivity contribution in [2.24, 2.45) is 0 Å². The lowest BCUT2D eigenvalue weighted by atomic mass is 10.1. The van der Waals surface area contributed by atoms with Gasteiger partial charge in [-0.1, -0.05) is 42.2 Å². The second-order valence-corrected chi connectivity index (χ2v) is 7.62. The van der Waals surface area contributed by atoms with Crippen LogP contribution in [0, 0.1) is 11.8 Å². The van der Waals surface area contributed by atoms with Crippen molar-refractivity contribution in [1.29, 1.82) is 0 Å². The number of hydrogen-bond donors (Lipinski definition) is 3. The summed E-state index contributed by atoms with van der Waals surface area (Å²) in [5.74, 6) is 4.88. The van der Waals surface area contributed by atoms with Crippen molar-refractivity contribution in [3.63, 3.8) is 0 Å². The van der Waals surface area contributed by atoms with Crippen molar-refractivity contribution in [1.82, 2.24) is 19.9 Å². The molecule has 0 bridgehead atoms. The molecule has 4 aromatic rings. The van der Waals surface area contributed by atoms with Crippen LogP contribution in [0.5, 0.6) is 0 Å². The van der Waals surface area contributed by atoms with Crippen LogP contribution in [0.1, 0.15) is 28.8 Å². The summed E-state index contributed by atoms with van der Waals surface area (Å²) in [6.07, 6.45) is 5.52. The molecule has 9 heteroatoms. The Morgan fingerprint density at radius 1 is 1.00 bits per heavy atom. The first-order valence-corrected chi connectivity index (χ1v) is 10.4. The van der Waals surface area contributed by atoms with E-state index in [0.717, 1.165) is 28.1 Å². The number of anilines is 4. The Morgan fingerprint density at radius 2 is 1.79 bits per heavy atom.